The smallest absolute Gasteiger partial charge is 0.282 e. The van der Waals surface area contributed by atoms with Crippen LogP contribution >= 0.6 is 23.7 Å². The molecule has 7 nitrogen and oxygen atoms in total. The molecule has 0 aliphatic carbocycles. The zero-order chi connectivity index (χ0) is 18.0. The number of fused-ring (bicyclic) bond motifs is 1. The summed E-state index contributed by atoms with van der Waals surface area (Å²) >= 11 is 1.45. The number of nitrogens with zero attached hydrogens (tertiary/aromatic N) is 4. The van der Waals surface area contributed by atoms with Crippen molar-refractivity contribution < 1.29 is 14.1 Å². The van der Waals surface area contributed by atoms with Crippen molar-refractivity contribution in [3.05, 3.63) is 35.7 Å². The van der Waals surface area contributed by atoms with Crippen molar-refractivity contribution in [2.75, 3.05) is 39.2 Å². The zero-order valence-corrected chi connectivity index (χ0v) is 16.7. The van der Waals surface area contributed by atoms with Gasteiger partial charge in [0.15, 0.2) is 10.8 Å². The second-order valence-corrected chi connectivity index (χ2v) is 6.92. The molecule has 0 fully saturated rings. The predicted octanol–water partition coefficient (Wildman–Crippen LogP) is 3.23. The van der Waals surface area contributed by atoms with E-state index >= 15 is 0 Å². The minimum atomic E-state index is -0.218. The zero-order valence-electron chi connectivity index (χ0n) is 15.1. The number of thiazole rings is 1. The molecule has 0 radical (unpaired) electrons. The summed E-state index contributed by atoms with van der Waals surface area (Å²) in [6, 6.07) is 7.31. The van der Waals surface area contributed by atoms with Gasteiger partial charge in [0.05, 0.1) is 17.3 Å². The highest BCUT2D eigenvalue weighted by Gasteiger charge is 2.24. The van der Waals surface area contributed by atoms with Crippen LogP contribution in [0.25, 0.3) is 10.2 Å². The Balaban J connectivity index is 0.00000243. The molecule has 0 saturated heterocycles. The lowest BCUT2D eigenvalue weighted by Crippen LogP contribution is -2.36. The number of hydrogen-bond acceptors (Lipinski definition) is 7. The Morgan fingerprint density at radius 3 is 2.65 bits per heavy atom. The molecule has 0 N–H and O–H groups in total. The average molecular weight is 397 g/mol. The molecule has 1 amide bonds. The number of likely N-dealkylation sites (N-methyl/N-ethyl adjacent to an activating group) is 1. The number of hydrogen-bond donors (Lipinski definition) is 0. The lowest BCUT2D eigenvalue weighted by atomic mass is 10.3. The van der Waals surface area contributed by atoms with Gasteiger partial charge in [0.1, 0.15) is 11.5 Å². The van der Waals surface area contributed by atoms with E-state index in [0.29, 0.717) is 24.0 Å². The number of methoxy groups -OCH3 is 1. The van der Waals surface area contributed by atoms with Gasteiger partial charge in [0, 0.05) is 19.2 Å². The Morgan fingerprint density at radius 1 is 1.27 bits per heavy atom. The third kappa shape index (κ3) is 4.32. The number of carbonyl (C=O) groups is 1. The van der Waals surface area contributed by atoms with Crippen LogP contribution in [0.3, 0.4) is 0 Å². The van der Waals surface area contributed by atoms with Crippen LogP contribution in [0.2, 0.25) is 0 Å². The van der Waals surface area contributed by atoms with E-state index < -0.39 is 0 Å². The Morgan fingerprint density at radius 2 is 2.04 bits per heavy atom. The molecule has 1 aromatic carbocycles. The van der Waals surface area contributed by atoms with E-state index in [9.17, 15) is 4.79 Å². The van der Waals surface area contributed by atoms with Crippen LogP contribution in [-0.2, 0) is 0 Å². The van der Waals surface area contributed by atoms with Gasteiger partial charge in [-0.2, -0.15) is 0 Å². The number of anilines is 1. The Bertz CT molecular complexity index is 893. The number of carbonyl (C=O) groups excluding carboxylic acids is 1. The van der Waals surface area contributed by atoms with Gasteiger partial charge < -0.3 is 14.2 Å². The summed E-state index contributed by atoms with van der Waals surface area (Å²) in [4.78, 5) is 21.2. The van der Waals surface area contributed by atoms with Crippen molar-refractivity contribution in [2.24, 2.45) is 0 Å². The maximum atomic E-state index is 12.9. The molecule has 26 heavy (non-hydrogen) atoms. The highest BCUT2D eigenvalue weighted by Crippen LogP contribution is 2.32. The first-order valence-corrected chi connectivity index (χ1v) is 8.64. The molecule has 0 saturated carbocycles. The second kappa shape index (κ2) is 8.48. The van der Waals surface area contributed by atoms with Crippen LogP contribution in [0.1, 0.15) is 16.2 Å². The summed E-state index contributed by atoms with van der Waals surface area (Å²) in [7, 11) is 5.56. The van der Waals surface area contributed by atoms with Crippen molar-refractivity contribution in [3.8, 4) is 5.75 Å². The maximum Gasteiger partial charge on any atom is 0.282 e. The molecule has 0 aliphatic rings. The Hall–Kier alpha value is -2.16. The van der Waals surface area contributed by atoms with Gasteiger partial charge in [-0.25, -0.2) is 4.98 Å². The van der Waals surface area contributed by atoms with Gasteiger partial charge in [-0.05, 0) is 39.2 Å². The van der Waals surface area contributed by atoms with E-state index in [1.54, 1.807) is 25.0 Å². The highest BCUT2D eigenvalue weighted by atomic mass is 35.5. The summed E-state index contributed by atoms with van der Waals surface area (Å²) in [6.07, 6.45) is 0. The van der Waals surface area contributed by atoms with E-state index in [1.807, 2.05) is 37.2 Å². The van der Waals surface area contributed by atoms with Crippen LogP contribution in [0, 0.1) is 6.92 Å². The molecule has 2 heterocycles. The van der Waals surface area contributed by atoms with Crippen LogP contribution in [0.15, 0.2) is 28.8 Å². The number of benzene rings is 1. The van der Waals surface area contributed by atoms with Gasteiger partial charge in [-0.3, -0.25) is 9.69 Å². The molecule has 0 atom stereocenters. The number of rotatable bonds is 6. The number of aryl methyl sites for hydroxylation is 1. The summed E-state index contributed by atoms with van der Waals surface area (Å²) in [5.74, 6) is 1.15. The van der Waals surface area contributed by atoms with E-state index in [0.717, 1.165) is 16.0 Å². The third-order valence-electron chi connectivity index (χ3n) is 3.68. The van der Waals surface area contributed by atoms with E-state index in [1.165, 1.54) is 11.3 Å². The minimum absolute atomic E-state index is 0. The SMILES string of the molecule is COc1ccc2nc(N(CCN(C)C)C(=O)c3cc(C)on3)sc2c1.Cl. The predicted molar refractivity (Wildman–Crippen MR) is 105 cm³/mol. The molecule has 3 rings (SSSR count). The summed E-state index contributed by atoms with van der Waals surface area (Å²) < 4.78 is 11.3. The van der Waals surface area contributed by atoms with E-state index in [2.05, 4.69) is 10.1 Å². The highest BCUT2D eigenvalue weighted by molar-refractivity contribution is 7.22. The molecule has 0 bridgehead atoms. The number of aromatic nitrogens is 2. The number of amides is 1. The third-order valence-corrected chi connectivity index (χ3v) is 4.72. The van der Waals surface area contributed by atoms with Crippen molar-refractivity contribution >= 4 is 45.0 Å². The minimum Gasteiger partial charge on any atom is -0.497 e. The Labute approximate surface area is 161 Å². The van der Waals surface area contributed by atoms with E-state index in [4.69, 9.17) is 9.26 Å². The molecular weight excluding hydrogens is 376 g/mol. The lowest BCUT2D eigenvalue weighted by Gasteiger charge is -2.20. The molecular formula is C17H21ClN4O3S. The first-order valence-electron chi connectivity index (χ1n) is 7.82. The number of ether oxygens (including phenoxy) is 1. The molecule has 140 valence electrons. The van der Waals surface area contributed by atoms with Gasteiger partial charge >= 0.3 is 0 Å². The average Bonchev–Trinajstić information content (AvgIpc) is 3.19. The Kier molecular flexibility index (Phi) is 6.57. The molecule has 9 heteroatoms. The van der Waals surface area contributed by atoms with Crippen LogP contribution in [-0.4, -0.2) is 55.2 Å². The van der Waals surface area contributed by atoms with Gasteiger partial charge in [-0.15, -0.1) is 12.4 Å². The first-order chi connectivity index (χ1) is 12.0. The van der Waals surface area contributed by atoms with Gasteiger partial charge in [0.2, 0.25) is 0 Å². The fourth-order valence-corrected chi connectivity index (χ4v) is 3.34. The second-order valence-electron chi connectivity index (χ2n) is 5.91. The summed E-state index contributed by atoms with van der Waals surface area (Å²) in [5, 5.41) is 4.48. The number of halogens is 1. The van der Waals surface area contributed by atoms with E-state index in [-0.39, 0.29) is 24.0 Å². The topological polar surface area (TPSA) is 71.7 Å². The van der Waals surface area contributed by atoms with Crippen LogP contribution in [0.4, 0.5) is 5.13 Å². The van der Waals surface area contributed by atoms with Crippen molar-refractivity contribution in [1.29, 1.82) is 0 Å². The lowest BCUT2D eigenvalue weighted by molar-refractivity contribution is 0.0976. The summed E-state index contributed by atoms with van der Waals surface area (Å²) in [5.41, 5.74) is 1.12. The van der Waals surface area contributed by atoms with Crippen LogP contribution < -0.4 is 9.64 Å². The molecule has 3 aromatic rings. The van der Waals surface area contributed by atoms with Crippen LogP contribution in [0.5, 0.6) is 5.75 Å². The fraction of sp³-hybridized carbons (Fsp3) is 0.353. The van der Waals surface area contributed by atoms with Gasteiger partial charge in [-0.1, -0.05) is 16.5 Å². The first kappa shape index (κ1) is 20.2. The standard InChI is InChI=1S/C17H20N4O3S.ClH/c1-11-9-14(19-24-11)16(22)21(8-7-20(2)3)17-18-13-6-5-12(23-4)10-15(13)25-17;/h5-6,9-10H,7-8H2,1-4H3;1H. The molecule has 0 aliphatic heterocycles. The summed E-state index contributed by atoms with van der Waals surface area (Å²) in [6.45, 7) is 2.98. The fourth-order valence-electron chi connectivity index (χ4n) is 2.32. The molecule has 2 aromatic heterocycles. The quantitative estimate of drug-likeness (QED) is 0.637. The largest absolute Gasteiger partial charge is 0.497 e. The van der Waals surface area contributed by atoms with Gasteiger partial charge in [0.25, 0.3) is 5.91 Å². The molecule has 0 unspecified atom stereocenters. The molecule has 0 spiro atoms. The van der Waals surface area contributed by atoms with Crippen molar-refractivity contribution in [1.82, 2.24) is 15.0 Å². The van der Waals surface area contributed by atoms with Crippen molar-refractivity contribution in [2.45, 2.75) is 6.92 Å². The maximum absolute atomic E-state index is 12.9. The normalized spacial score (nSPS) is 10.8. The monoisotopic (exact) mass is 396 g/mol. The van der Waals surface area contributed by atoms with Crippen molar-refractivity contribution in [3.63, 3.8) is 0 Å².